The second-order valence-corrected chi connectivity index (χ2v) is 7.18. The quantitative estimate of drug-likeness (QED) is 0.593. The van der Waals surface area contributed by atoms with Gasteiger partial charge in [0.2, 0.25) is 0 Å². The van der Waals surface area contributed by atoms with E-state index < -0.39 is 11.6 Å². The van der Waals surface area contributed by atoms with Gasteiger partial charge < -0.3 is 0 Å². The SMILES string of the molecule is CC(C)C.CC1(C(F)(F)F)CC2CCC1S2. The van der Waals surface area contributed by atoms with Crippen LogP contribution in [0.2, 0.25) is 0 Å². The zero-order valence-corrected chi connectivity index (χ0v) is 11.2. The van der Waals surface area contributed by atoms with Crippen molar-refractivity contribution in [1.82, 2.24) is 0 Å². The Hall–Kier alpha value is 0.140. The monoisotopic (exact) mass is 254 g/mol. The molecule has 0 aromatic rings. The number of alkyl halides is 3. The van der Waals surface area contributed by atoms with Crippen LogP contribution in [0.5, 0.6) is 0 Å². The van der Waals surface area contributed by atoms with Crippen LogP contribution < -0.4 is 0 Å². The van der Waals surface area contributed by atoms with Crippen LogP contribution in [-0.2, 0) is 0 Å². The summed E-state index contributed by atoms with van der Waals surface area (Å²) in [4.78, 5) is 0. The summed E-state index contributed by atoms with van der Waals surface area (Å²) < 4.78 is 37.8. The molecule has 3 atom stereocenters. The van der Waals surface area contributed by atoms with Gasteiger partial charge in [-0.15, -0.1) is 0 Å². The fourth-order valence-electron chi connectivity index (χ4n) is 2.23. The molecule has 0 saturated carbocycles. The average molecular weight is 254 g/mol. The van der Waals surface area contributed by atoms with Crippen molar-refractivity contribution >= 4 is 11.8 Å². The second kappa shape index (κ2) is 4.79. The van der Waals surface area contributed by atoms with Crippen LogP contribution in [-0.4, -0.2) is 16.7 Å². The molecule has 2 aliphatic heterocycles. The molecule has 0 amide bonds. The van der Waals surface area contributed by atoms with Crippen molar-refractivity contribution in [2.75, 3.05) is 0 Å². The van der Waals surface area contributed by atoms with Crippen LogP contribution in [0.3, 0.4) is 0 Å². The van der Waals surface area contributed by atoms with Gasteiger partial charge in [0.1, 0.15) is 0 Å². The van der Waals surface area contributed by atoms with E-state index in [0.717, 1.165) is 18.8 Å². The molecule has 0 N–H and O–H groups in total. The fraction of sp³-hybridized carbons (Fsp3) is 1.00. The average Bonchev–Trinajstić information content (AvgIpc) is 2.60. The second-order valence-electron chi connectivity index (χ2n) is 5.68. The van der Waals surface area contributed by atoms with Crippen LogP contribution in [0.4, 0.5) is 13.2 Å². The molecule has 2 rings (SSSR count). The molecule has 3 unspecified atom stereocenters. The molecule has 0 nitrogen and oxygen atoms in total. The van der Waals surface area contributed by atoms with E-state index in [4.69, 9.17) is 0 Å². The highest BCUT2D eigenvalue weighted by Crippen LogP contribution is 2.62. The number of hydrogen-bond acceptors (Lipinski definition) is 1. The standard InChI is InChI=1S/C8H11F3S.C4H10/c1-7(8(9,10)11)4-5-2-3-6(7)12-5;1-4(2)3/h5-6H,2-4H2,1H3;4H,1-3H3. The van der Waals surface area contributed by atoms with E-state index in [9.17, 15) is 13.2 Å². The normalized spacial score (nSPS) is 37.5. The first-order valence-corrected chi connectivity index (χ1v) is 6.83. The summed E-state index contributed by atoms with van der Waals surface area (Å²) in [5.74, 6) is 0.833. The van der Waals surface area contributed by atoms with Gasteiger partial charge in [-0.3, -0.25) is 0 Å². The van der Waals surface area contributed by atoms with E-state index in [2.05, 4.69) is 20.8 Å². The lowest BCUT2D eigenvalue weighted by molar-refractivity contribution is -0.220. The van der Waals surface area contributed by atoms with Crippen molar-refractivity contribution in [3.8, 4) is 0 Å². The summed E-state index contributed by atoms with van der Waals surface area (Å²) in [5.41, 5.74) is -1.39. The highest BCUT2D eigenvalue weighted by molar-refractivity contribution is 8.01. The lowest BCUT2D eigenvalue weighted by atomic mass is 9.75. The van der Waals surface area contributed by atoms with Crippen LogP contribution in [0.1, 0.15) is 47.0 Å². The van der Waals surface area contributed by atoms with E-state index in [1.54, 1.807) is 11.8 Å². The maximum Gasteiger partial charge on any atom is 0.395 e. The van der Waals surface area contributed by atoms with Crippen LogP contribution >= 0.6 is 11.8 Å². The van der Waals surface area contributed by atoms with E-state index in [0.29, 0.717) is 6.42 Å². The largest absolute Gasteiger partial charge is 0.395 e. The highest BCUT2D eigenvalue weighted by atomic mass is 32.2. The van der Waals surface area contributed by atoms with Gasteiger partial charge in [-0.25, -0.2) is 0 Å². The topological polar surface area (TPSA) is 0 Å². The van der Waals surface area contributed by atoms with Crippen molar-refractivity contribution in [2.45, 2.75) is 63.6 Å². The third-order valence-corrected chi connectivity index (χ3v) is 4.99. The first-order valence-electron chi connectivity index (χ1n) is 5.89. The molecule has 4 heteroatoms. The summed E-state index contributed by atoms with van der Waals surface area (Å²) in [6.45, 7) is 7.88. The molecule has 2 aliphatic rings. The fourth-order valence-corrected chi connectivity index (χ4v) is 4.21. The lowest BCUT2D eigenvalue weighted by Gasteiger charge is -2.34. The van der Waals surface area contributed by atoms with Gasteiger partial charge in [0, 0.05) is 10.5 Å². The molecule has 2 fully saturated rings. The Balaban J connectivity index is 0.000000280. The predicted molar refractivity (Wildman–Crippen MR) is 63.7 cm³/mol. The molecule has 16 heavy (non-hydrogen) atoms. The zero-order valence-electron chi connectivity index (χ0n) is 10.4. The van der Waals surface area contributed by atoms with Gasteiger partial charge in [-0.05, 0) is 32.1 Å². The van der Waals surface area contributed by atoms with Crippen molar-refractivity contribution in [3.63, 3.8) is 0 Å². The van der Waals surface area contributed by atoms with E-state index in [1.165, 1.54) is 6.92 Å². The predicted octanol–water partition coefficient (Wildman–Crippen LogP) is 4.89. The van der Waals surface area contributed by atoms with Crippen LogP contribution in [0, 0.1) is 11.3 Å². The summed E-state index contributed by atoms with van der Waals surface area (Å²) in [6, 6.07) is 0. The third kappa shape index (κ3) is 2.88. The minimum absolute atomic E-state index is 0.164. The van der Waals surface area contributed by atoms with Crippen molar-refractivity contribution in [2.24, 2.45) is 11.3 Å². The summed E-state index contributed by atoms with van der Waals surface area (Å²) >= 11 is 1.55. The van der Waals surface area contributed by atoms with E-state index >= 15 is 0 Å². The molecule has 0 radical (unpaired) electrons. The molecule has 0 aromatic carbocycles. The smallest absolute Gasteiger partial charge is 0.170 e. The Morgan fingerprint density at radius 2 is 1.69 bits per heavy atom. The van der Waals surface area contributed by atoms with Crippen molar-refractivity contribution < 1.29 is 13.2 Å². The molecule has 96 valence electrons. The molecular formula is C12H21F3S. The Bertz CT molecular complexity index is 234. The van der Waals surface area contributed by atoms with Crippen LogP contribution in [0.25, 0.3) is 0 Å². The molecule has 0 aliphatic carbocycles. The minimum atomic E-state index is -4.00. The lowest BCUT2D eigenvalue weighted by Crippen LogP contribution is -2.42. The third-order valence-electron chi connectivity index (χ3n) is 3.12. The molecule has 0 aromatic heterocycles. The maximum absolute atomic E-state index is 12.6. The molecule has 2 saturated heterocycles. The Morgan fingerprint density at radius 3 is 1.88 bits per heavy atom. The Kier molecular flexibility index (Phi) is 4.25. The maximum atomic E-state index is 12.6. The summed E-state index contributed by atoms with van der Waals surface area (Å²) in [7, 11) is 0. The Labute approximate surface area is 100 Å². The number of thioether (sulfide) groups is 1. The van der Waals surface area contributed by atoms with Gasteiger partial charge >= 0.3 is 6.18 Å². The Morgan fingerprint density at radius 1 is 1.19 bits per heavy atom. The highest BCUT2D eigenvalue weighted by Gasteiger charge is 2.62. The van der Waals surface area contributed by atoms with Crippen molar-refractivity contribution in [1.29, 1.82) is 0 Å². The van der Waals surface area contributed by atoms with Crippen molar-refractivity contribution in [3.05, 3.63) is 0 Å². The molecule has 0 spiro atoms. The molecule has 2 heterocycles. The number of rotatable bonds is 0. The van der Waals surface area contributed by atoms with E-state index in [-0.39, 0.29) is 10.5 Å². The van der Waals surface area contributed by atoms with Gasteiger partial charge in [0.05, 0.1) is 5.41 Å². The van der Waals surface area contributed by atoms with Gasteiger partial charge in [-0.2, -0.15) is 24.9 Å². The van der Waals surface area contributed by atoms with Gasteiger partial charge in [0.15, 0.2) is 0 Å². The summed E-state index contributed by atoms with van der Waals surface area (Å²) in [5, 5.41) is 0.115. The first-order chi connectivity index (χ1) is 7.17. The molecular weight excluding hydrogens is 233 g/mol. The van der Waals surface area contributed by atoms with Gasteiger partial charge in [0.25, 0.3) is 0 Å². The first kappa shape index (κ1) is 14.2. The van der Waals surface area contributed by atoms with Crippen LogP contribution in [0.15, 0.2) is 0 Å². The number of fused-ring (bicyclic) bond motifs is 2. The minimum Gasteiger partial charge on any atom is -0.170 e. The number of hydrogen-bond donors (Lipinski definition) is 0. The summed E-state index contributed by atoms with van der Waals surface area (Å²) in [6.07, 6.45) is -1.92. The van der Waals surface area contributed by atoms with E-state index in [1.807, 2.05) is 0 Å². The molecule has 2 bridgehead atoms. The zero-order chi connectivity index (χ0) is 12.6. The number of halogens is 3. The van der Waals surface area contributed by atoms with Gasteiger partial charge in [-0.1, -0.05) is 20.8 Å².